The second-order valence-corrected chi connectivity index (χ2v) is 40.5. The molecule has 8 atom stereocenters. The number of aliphatic carboxylic acids is 1. The third kappa shape index (κ3) is 27.6. The molecular weight excluding hydrogens is 2220 g/mol. The summed E-state index contributed by atoms with van der Waals surface area (Å²) in [6.07, 6.45) is 4.26. The molecule has 16 rings (SSSR count). The largest absolute Gasteiger partial charge is 0.481 e. The molecule has 12 heterocycles. The number of carbonyl (C=O) groups is 8. The van der Waals surface area contributed by atoms with Gasteiger partial charge in [0.25, 0.3) is 23.7 Å². The molecule has 0 aliphatic carbocycles. The maximum atomic E-state index is 14.5. The number of nitrogens with one attached hydrogen (secondary N) is 5. The van der Waals surface area contributed by atoms with Crippen molar-refractivity contribution in [1.82, 2.24) is 71.0 Å². The lowest BCUT2D eigenvalue weighted by Crippen LogP contribution is -2.51. The predicted molar refractivity (Wildman–Crippen MR) is 530 cm³/mol. The first-order valence-corrected chi connectivity index (χ1v) is 51.3. The fraction of sp³-hybridized carbons (Fsp3) is 0.404. The summed E-state index contributed by atoms with van der Waals surface area (Å²) < 4.78 is 179. The topological polar surface area (TPSA) is 397 Å². The highest BCUT2D eigenvalue weighted by Gasteiger charge is 2.53. The first-order chi connectivity index (χ1) is 68.9. The number of amidine groups is 4. The van der Waals surface area contributed by atoms with Crippen LogP contribution in [0.5, 0.6) is 0 Å². The summed E-state index contributed by atoms with van der Waals surface area (Å²) in [5.74, 6) is -18.0. The Balaban J connectivity index is 0.000000162. The standard InChI is InChI=1S/C25H27ClF2N4O4S.C24H25BrF3N5O3S.C23H23BrF3N5O3S.C22H21BrF3N5O3S/c1-2-36-24(35)20-18(13-32-14-25(27,28)10-9-15(32)7-8-19(33)34)30-22(23-29-11-12-37-23)31-21(20)16-5-3-4-6-17(16)26;1-4-36-23(35)18-16(11-33-12-24(27,28)10-17(33)22(34)32(2)3)30-20(21-29-7-8-37-21)31-19(18)14-6-5-13(26)9-15(14)25;1-3-35-22(34)17-15(10-32-11-23(26,27)9-16(32)20(33)28-2)30-19(21-29-6-7-36-21)31-18(17)13-5-4-12(25)8-14(13)24;1-2-34-21(33)16-14(9-31-10-22(25,26)8-15(31)18(27)32)29-19(20-28-5-6-35-20)30-17(16)12-4-3-11(24)7-13(12)23/h3-6,11-12,15,21H,2,7-10,13-14H2,1H3,(H,30,31)(H,33,34);5-9,17,19H,4,10-12H2,1-3H3,(H,30,31);4-8,16,18H,3,9-11H2,1-2H3,(H,28,33)(H,30,31);3-7,15,17H,2,8-10H2,1H3,(H2,27,32)(H,29,30)/t15-,21-;17-,19-;16-,18-;15-,17-/m0000/s1. The number of likely N-dealkylation sites (N-methyl/N-ethyl adjacent to an activating group) is 2. The molecule has 8 N–H and O–H groups in total. The molecule has 4 aromatic heterocycles. The van der Waals surface area contributed by atoms with Crippen molar-refractivity contribution < 1.29 is 111 Å². The van der Waals surface area contributed by atoms with Crippen molar-refractivity contribution in [2.24, 2.45) is 25.7 Å². The number of alkyl halides is 8. The number of aliphatic imine (C=N–C) groups is 4. The van der Waals surface area contributed by atoms with Crippen molar-refractivity contribution in [3.05, 3.63) is 248 Å². The second-order valence-electron chi connectivity index (χ2n) is 33.9. The van der Waals surface area contributed by atoms with Gasteiger partial charge in [0.2, 0.25) is 17.7 Å². The number of primary amides is 1. The van der Waals surface area contributed by atoms with E-state index in [9.17, 15) is 91.8 Å². The fourth-order valence-corrected chi connectivity index (χ4v) is 21.6. The summed E-state index contributed by atoms with van der Waals surface area (Å²) >= 11 is 21.7. The van der Waals surface area contributed by atoms with Crippen molar-refractivity contribution >= 4 is 176 Å². The average molecular weight is 2310 g/mol. The number of amides is 3. The minimum atomic E-state index is -3.12. The first kappa shape index (κ1) is 111. The van der Waals surface area contributed by atoms with Crippen LogP contribution in [0.1, 0.15) is 139 Å². The van der Waals surface area contributed by atoms with Crippen LogP contribution in [0.4, 0.5) is 48.3 Å². The average Bonchev–Trinajstić information content (AvgIpc) is 1.75. The number of hydrogen-bond donors (Lipinski definition) is 7. The molecular formula is C94H96Br3ClF11N19O13S4. The van der Waals surface area contributed by atoms with Gasteiger partial charge in [-0.3, -0.25) is 58.7 Å². The lowest BCUT2D eigenvalue weighted by molar-refractivity contribution is -0.140. The first-order valence-electron chi connectivity index (χ1n) is 45.0. The lowest BCUT2D eigenvalue weighted by atomic mass is 9.92. The van der Waals surface area contributed by atoms with Crippen LogP contribution < -0.4 is 32.3 Å². The molecule has 32 nitrogen and oxygen atoms in total. The van der Waals surface area contributed by atoms with E-state index < -0.39 is 182 Å². The minimum absolute atomic E-state index is 0.0536. The Hall–Kier alpha value is -11.2. The van der Waals surface area contributed by atoms with Gasteiger partial charge in [0.15, 0.2) is 43.4 Å². The van der Waals surface area contributed by atoms with Gasteiger partial charge >= 0.3 is 29.8 Å². The monoisotopic (exact) mass is 2310 g/mol. The molecule has 0 spiro atoms. The van der Waals surface area contributed by atoms with Gasteiger partial charge in [-0.2, -0.15) is 0 Å². The number of ether oxygens (including phenoxy) is 4. The quantitative estimate of drug-likeness (QED) is 0.0125. The molecule has 0 bridgehead atoms. The molecule has 145 heavy (non-hydrogen) atoms. The molecule has 51 heteroatoms. The number of likely N-dealkylation sites (tertiary alicyclic amines) is 4. The fourth-order valence-electron chi connectivity index (χ4n) is 17.3. The molecule has 4 aromatic carbocycles. The van der Waals surface area contributed by atoms with Crippen LogP contribution in [-0.2, 0) is 57.3 Å². The van der Waals surface area contributed by atoms with E-state index in [1.54, 1.807) is 103 Å². The van der Waals surface area contributed by atoms with Crippen LogP contribution in [0.3, 0.4) is 0 Å². The van der Waals surface area contributed by atoms with Gasteiger partial charge in [-0.05, 0) is 99.7 Å². The Morgan fingerprint density at radius 1 is 0.476 bits per heavy atom. The van der Waals surface area contributed by atoms with Crippen LogP contribution >= 0.6 is 105 Å². The predicted octanol–water partition coefficient (Wildman–Crippen LogP) is 15.0. The maximum Gasteiger partial charge on any atom is 0.338 e. The number of nitrogens with zero attached hydrogens (tertiary/aromatic N) is 13. The Labute approximate surface area is 869 Å². The molecule has 0 radical (unpaired) electrons. The van der Waals surface area contributed by atoms with Gasteiger partial charge in [0.05, 0.1) is 93.0 Å². The van der Waals surface area contributed by atoms with Gasteiger partial charge < -0.3 is 61.3 Å². The number of thiazole rings is 4. The summed E-state index contributed by atoms with van der Waals surface area (Å²) in [5.41, 5.74) is 8.83. The third-order valence-corrected chi connectivity index (χ3v) is 29.2. The zero-order valence-corrected chi connectivity index (χ0v) is 87.0. The van der Waals surface area contributed by atoms with Crippen molar-refractivity contribution in [2.45, 2.75) is 145 Å². The van der Waals surface area contributed by atoms with E-state index in [2.05, 4.69) is 104 Å². The molecule has 774 valence electrons. The van der Waals surface area contributed by atoms with E-state index in [-0.39, 0.29) is 118 Å². The van der Waals surface area contributed by atoms with Crippen molar-refractivity contribution in [3.63, 3.8) is 0 Å². The smallest absolute Gasteiger partial charge is 0.338 e. The van der Waals surface area contributed by atoms with Gasteiger partial charge in [0, 0.05) is 179 Å². The van der Waals surface area contributed by atoms with E-state index in [1.807, 2.05) is 0 Å². The number of esters is 4. The zero-order chi connectivity index (χ0) is 105. The molecule has 4 fully saturated rings. The van der Waals surface area contributed by atoms with E-state index in [0.717, 1.165) is 0 Å². The van der Waals surface area contributed by atoms with E-state index in [0.29, 0.717) is 89.8 Å². The number of piperidine rings is 1. The molecule has 0 unspecified atom stereocenters. The van der Waals surface area contributed by atoms with E-state index in [4.69, 9.17) is 46.3 Å². The van der Waals surface area contributed by atoms with Gasteiger partial charge in [-0.15, -0.1) is 45.3 Å². The summed E-state index contributed by atoms with van der Waals surface area (Å²) in [5, 5.41) is 33.4. The number of nitrogens with two attached hydrogens (primary N) is 1. The summed E-state index contributed by atoms with van der Waals surface area (Å²) in [6, 6.07) is 11.4. The van der Waals surface area contributed by atoms with Crippen LogP contribution in [-0.4, -0.2) is 268 Å². The summed E-state index contributed by atoms with van der Waals surface area (Å²) in [6.45, 7) is 3.67. The molecule has 8 aliphatic heterocycles. The Kier molecular flexibility index (Phi) is 37.2. The number of benzene rings is 4. The highest BCUT2D eigenvalue weighted by Crippen LogP contribution is 2.46. The van der Waals surface area contributed by atoms with Crippen LogP contribution in [0.25, 0.3) is 0 Å². The Morgan fingerprint density at radius 2 is 0.793 bits per heavy atom. The van der Waals surface area contributed by atoms with Gasteiger partial charge in [0.1, 0.15) is 41.6 Å². The maximum absolute atomic E-state index is 14.5. The minimum Gasteiger partial charge on any atom is -0.481 e. The number of carbonyl (C=O) groups excluding carboxylic acids is 7. The summed E-state index contributed by atoms with van der Waals surface area (Å²) in [4.78, 5) is 144. The third-order valence-electron chi connectivity index (χ3n) is 23.6. The van der Waals surface area contributed by atoms with E-state index >= 15 is 0 Å². The Morgan fingerprint density at radius 3 is 1.10 bits per heavy atom. The molecule has 8 aliphatic rings. The highest BCUT2D eigenvalue weighted by molar-refractivity contribution is 9.11. The second kappa shape index (κ2) is 48.6. The van der Waals surface area contributed by atoms with Crippen molar-refractivity contribution in [1.29, 1.82) is 0 Å². The van der Waals surface area contributed by atoms with Crippen LogP contribution in [0.2, 0.25) is 5.02 Å². The van der Waals surface area contributed by atoms with Crippen LogP contribution in [0.15, 0.2) is 204 Å². The number of hydrogen-bond acceptors (Lipinski definition) is 32. The molecule has 0 saturated carbocycles. The Bertz CT molecular complexity index is 6390. The highest BCUT2D eigenvalue weighted by atomic mass is 79.9. The van der Waals surface area contributed by atoms with Gasteiger partial charge in [-0.25, -0.2) is 87.4 Å². The van der Waals surface area contributed by atoms with Crippen LogP contribution in [0, 0.1) is 17.5 Å². The van der Waals surface area contributed by atoms with Crippen molar-refractivity contribution in [3.8, 4) is 0 Å². The molecule has 8 aromatic rings. The van der Waals surface area contributed by atoms with Crippen molar-refractivity contribution in [2.75, 3.05) is 99.9 Å². The normalized spacial score (nSPS) is 21.7. The number of carboxylic acid groups (broad SMARTS) is 1. The van der Waals surface area contributed by atoms with E-state index in [1.165, 1.54) is 141 Å². The lowest BCUT2D eigenvalue weighted by Gasteiger charge is -2.41. The number of halogens is 15. The number of rotatable bonds is 30. The molecule has 3 amide bonds. The molecule has 4 saturated heterocycles. The summed E-state index contributed by atoms with van der Waals surface area (Å²) in [7, 11) is 4.40. The van der Waals surface area contributed by atoms with Gasteiger partial charge in [-0.1, -0.05) is 95.8 Å². The number of carboxylic acids is 1. The SMILES string of the molecule is CCOC(=O)C1=C(CN2CC(F)(F)CC[C@@H]2CCC(=O)O)NC(c2nccs2)=N[C@H]1c1ccccc1Cl.CCOC(=O)C1=C(CN2CC(F)(F)C[C@H]2C(=O)N(C)C)NC(c2nccs2)=N[C@H]1c1ccc(F)cc1Br.CCOC(=O)C1=C(CN2CC(F)(F)C[C@H]2C(=O)NC)NC(c2nccs2)=N[C@H]1c1ccc(F)cc1Br.CCOC(=O)C1=C(CN2CC(F)(F)C[C@H]2C(N)=O)NC(c2nccs2)=N[C@H]1c1ccc(F)cc1Br. The zero-order valence-electron chi connectivity index (χ0n) is 78.2. The number of aromatic nitrogens is 4.